The van der Waals surface area contributed by atoms with Crippen molar-refractivity contribution in [2.24, 2.45) is 0 Å². The van der Waals surface area contributed by atoms with E-state index in [0.717, 1.165) is 39.9 Å². The van der Waals surface area contributed by atoms with Crippen LogP contribution < -0.4 is 4.74 Å². The second-order valence-electron chi connectivity index (χ2n) is 5.68. The van der Waals surface area contributed by atoms with Crippen molar-refractivity contribution in [1.82, 2.24) is 10.1 Å². The third-order valence-electron chi connectivity index (χ3n) is 3.71. The average Bonchev–Trinajstić information content (AvgIpc) is 3.03. The zero-order chi connectivity index (χ0) is 16.9. The topological polar surface area (TPSA) is 38.5 Å². The minimum atomic E-state index is 0.661. The molecule has 0 saturated carbocycles. The molecule has 24 heavy (non-hydrogen) atoms. The van der Waals surface area contributed by atoms with Gasteiger partial charge in [0, 0.05) is 23.2 Å². The van der Waals surface area contributed by atoms with Gasteiger partial charge in [-0.05, 0) is 36.9 Å². The second kappa shape index (κ2) is 7.51. The first-order valence-corrected chi connectivity index (χ1v) is 8.05. The Morgan fingerprint density at radius 3 is 2.71 bits per heavy atom. The first-order chi connectivity index (χ1) is 11.7. The van der Waals surface area contributed by atoms with Gasteiger partial charge >= 0.3 is 0 Å². The van der Waals surface area contributed by atoms with Gasteiger partial charge in [0.25, 0.3) is 0 Å². The van der Waals surface area contributed by atoms with E-state index in [-0.39, 0.29) is 0 Å². The third kappa shape index (κ3) is 3.96. The monoisotopic (exact) mass is 342 g/mol. The Kier molecular flexibility index (Phi) is 5.18. The van der Waals surface area contributed by atoms with Gasteiger partial charge in [-0.3, -0.25) is 4.90 Å². The molecule has 0 atom stereocenters. The Morgan fingerprint density at radius 1 is 1.08 bits per heavy atom. The number of halogens is 1. The Balaban J connectivity index is 1.69. The van der Waals surface area contributed by atoms with E-state index in [9.17, 15) is 0 Å². The lowest BCUT2D eigenvalue weighted by molar-refractivity contribution is 0.267. The lowest BCUT2D eigenvalue weighted by atomic mass is 10.1. The average molecular weight is 343 g/mol. The van der Waals surface area contributed by atoms with Gasteiger partial charge in [0.05, 0.1) is 13.7 Å². The van der Waals surface area contributed by atoms with Crippen LogP contribution in [0.5, 0.6) is 5.75 Å². The molecule has 124 valence electrons. The number of nitrogens with zero attached hydrogens (tertiary/aromatic N) is 2. The summed E-state index contributed by atoms with van der Waals surface area (Å²) in [6.07, 6.45) is 0. The van der Waals surface area contributed by atoms with Gasteiger partial charge in [-0.1, -0.05) is 41.0 Å². The normalized spacial score (nSPS) is 11.0. The molecule has 1 heterocycles. The summed E-state index contributed by atoms with van der Waals surface area (Å²) < 4.78 is 10.9. The number of hydrogen-bond acceptors (Lipinski definition) is 4. The Hall–Kier alpha value is -2.30. The number of benzene rings is 2. The van der Waals surface area contributed by atoms with Crippen LogP contribution in [0.15, 0.2) is 59.1 Å². The van der Waals surface area contributed by atoms with Crippen LogP contribution in [0.4, 0.5) is 0 Å². The summed E-state index contributed by atoms with van der Waals surface area (Å²) in [6, 6.07) is 17.6. The van der Waals surface area contributed by atoms with E-state index in [1.165, 1.54) is 0 Å². The van der Waals surface area contributed by atoms with Gasteiger partial charge in [0.15, 0.2) is 5.76 Å². The molecule has 3 rings (SSSR count). The molecule has 0 unspecified atom stereocenters. The highest BCUT2D eigenvalue weighted by molar-refractivity contribution is 6.30. The highest BCUT2D eigenvalue weighted by Gasteiger charge is 2.12. The SMILES string of the molecule is COc1ccccc1-c1cc(CN(C)Cc2cccc(Cl)c2)on1. The Bertz CT molecular complexity index is 816. The van der Waals surface area contributed by atoms with Crippen LogP contribution in [-0.2, 0) is 13.1 Å². The number of hydrogen-bond donors (Lipinski definition) is 0. The summed E-state index contributed by atoms with van der Waals surface area (Å²) >= 11 is 6.03. The van der Waals surface area contributed by atoms with E-state index in [4.69, 9.17) is 20.9 Å². The highest BCUT2D eigenvalue weighted by atomic mass is 35.5. The molecule has 0 spiro atoms. The molecule has 3 aromatic rings. The Morgan fingerprint density at radius 2 is 1.92 bits per heavy atom. The van der Waals surface area contributed by atoms with Crippen molar-refractivity contribution in [2.75, 3.05) is 14.2 Å². The van der Waals surface area contributed by atoms with Crippen molar-refractivity contribution < 1.29 is 9.26 Å². The zero-order valence-electron chi connectivity index (χ0n) is 13.7. The van der Waals surface area contributed by atoms with Gasteiger partial charge in [-0.15, -0.1) is 0 Å². The van der Waals surface area contributed by atoms with Crippen LogP contribution >= 0.6 is 11.6 Å². The van der Waals surface area contributed by atoms with E-state index < -0.39 is 0 Å². The predicted molar refractivity (Wildman–Crippen MR) is 95.1 cm³/mol. The van der Waals surface area contributed by atoms with Gasteiger partial charge in [0.1, 0.15) is 11.4 Å². The number of aromatic nitrogens is 1. The zero-order valence-corrected chi connectivity index (χ0v) is 14.5. The van der Waals surface area contributed by atoms with Gasteiger partial charge in [-0.2, -0.15) is 0 Å². The van der Waals surface area contributed by atoms with Gasteiger partial charge < -0.3 is 9.26 Å². The molecule has 0 radical (unpaired) electrons. The van der Waals surface area contributed by atoms with Crippen LogP contribution in [0.3, 0.4) is 0 Å². The molecule has 4 nitrogen and oxygen atoms in total. The van der Waals surface area contributed by atoms with Gasteiger partial charge in [-0.25, -0.2) is 0 Å². The number of methoxy groups -OCH3 is 1. The summed E-state index contributed by atoms with van der Waals surface area (Å²) in [5, 5.41) is 4.92. The summed E-state index contributed by atoms with van der Waals surface area (Å²) in [6.45, 7) is 1.44. The fourth-order valence-corrected chi connectivity index (χ4v) is 2.85. The molecule has 0 aliphatic heterocycles. The molecule has 0 aliphatic carbocycles. The number of para-hydroxylation sites is 1. The molecule has 0 aliphatic rings. The molecule has 0 amide bonds. The van der Waals surface area contributed by atoms with E-state index in [1.54, 1.807) is 7.11 Å². The molecule has 1 aromatic heterocycles. The van der Waals surface area contributed by atoms with Crippen LogP contribution in [-0.4, -0.2) is 24.2 Å². The molecule has 5 heteroatoms. The maximum absolute atomic E-state index is 6.03. The van der Waals surface area contributed by atoms with E-state index in [2.05, 4.69) is 16.1 Å². The molecule has 0 fully saturated rings. The molecular formula is C19H19ClN2O2. The number of ether oxygens (including phenoxy) is 1. The van der Waals surface area contributed by atoms with Crippen LogP contribution in [0.25, 0.3) is 11.3 Å². The smallest absolute Gasteiger partial charge is 0.151 e. The first-order valence-electron chi connectivity index (χ1n) is 7.67. The molecule has 2 aromatic carbocycles. The van der Waals surface area contributed by atoms with Crippen molar-refractivity contribution >= 4 is 11.6 Å². The van der Waals surface area contributed by atoms with Crippen LogP contribution in [0.1, 0.15) is 11.3 Å². The predicted octanol–water partition coefficient (Wildman–Crippen LogP) is 4.64. The molecule has 0 bridgehead atoms. The minimum absolute atomic E-state index is 0.661. The summed E-state index contributed by atoms with van der Waals surface area (Å²) in [4.78, 5) is 2.15. The summed E-state index contributed by atoms with van der Waals surface area (Å²) in [5.41, 5.74) is 2.86. The van der Waals surface area contributed by atoms with Crippen molar-refractivity contribution in [3.8, 4) is 17.0 Å². The standard InChI is InChI=1S/C19H19ClN2O2/c1-22(12-14-6-5-7-15(20)10-14)13-16-11-18(21-24-16)17-8-3-4-9-19(17)23-2/h3-11H,12-13H2,1-2H3. The fraction of sp³-hybridized carbons (Fsp3) is 0.211. The second-order valence-corrected chi connectivity index (χ2v) is 6.12. The maximum atomic E-state index is 6.03. The van der Waals surface area contributed by atoms with Gasteiger partial charge in [0.2, 0.25) is 0 Å². The summed E-state index contributed by atoms with van der Waals surface area (Å²) in [5.74, 6) is 1.59. The third-order valence-corrected chi connectivity index (χ3v) is 3.94. The van der Waals surface area contributed by atoms with Crippen LogP contribution in [0, 0.1) is 0 Å². The minimum Gasteiger partial charge on any atom is -0.496 e. The van der Waals surface area contributed by atoms with E-state index in [0.29, 0.717) is 6.54 Å². The molecule has 0 saturated heterocycles. The van der Waals surface area contributed by atoms with Crippen molar-refractivity contribution in [3.63, 3.8) is 0 Å². The lowest BCUT2D eigenvalue weighted by Gasteiger charge is -2.14. The highest BCUT2D eigenvalue weighted by Crippen LogP contribution is 2.29. The fourth-order valence-electron chi connectivity index (χ4n) is 2.64. The van der Waals surface area contributed by atoms with E-state index >= 15 is 0 Å². The largest absolute Gasteiger partial charge is 0.496 e. The van der Waals surface area contributed by atoms with E-state index in [1.807, 2.05) is 55.6 Å². The van der Waals surface area contributed by atoms with Crippen molar-refractivity contribution in [2.45, 2.75) is 13.1 Å². The maximum Gasteiger partial charge on any atom is 0.151 e. The molecular weight excluding hydrogens is 324 g/mol. The van der Waals surface area contributed by atoms with Crippen LogP contribution in [0.2, 0.25) is 5.02 Å². The quantitative estimate of drug-likeness (QED) is 0.654. The Labute approximate surface area is 146 Å². The van der Waals surface area contributed by atoms with Crippen molar-refractivity contribution in [1.29, 1.82) is 0 Å². The lowest BCUT2D eigenvalue weighted by Crippen LogP contribution is -2.16. The first kappa shape index (κ1) is 16.6. The summed E-state index contributed by atoms with van der Waals surface area (Å²) in [7, 11) is 3.69. The number of rotatable bonds is 6. The van der Waals surface area contributed by atoms with Crippen molar-refractivity contribution in [3.05, 3.63) is 70.9 Å². The molecule has 0 N–H and O–H groups in total.